The van der Waals surface area contributed by atoms with Gasteiger partial charge in [0.1, 0.15) is 6.61 Å². The highest BCUT2D eigenvalue weighted by Crippen LogP contribution is 2.25. The Bertz CT molecular complexity index is 611. The number of carbonyl (C=O) groups is 1. The standard InChI is InChI=1S/C16H16BrNO2/c1-11-13(14(17)7-8-15(11)18)9-16(19)20-10-12-5-3-2-4-6-12/h2-8H,9-10,18H2,1H3. The largest absolute Gasteiger partial charge is 0.461 e. The molecule has 2 rings (SSSR count). The molecule has 104 valence electrons. The molecule has 20 heavy (non-hydrogen) atoms. The van der Waals surface area contributed by atoms with Crippen molar-refractivity contribution in [3.8, 4) is 0 Å². The summed E-state index contributed by atoms with van der Waals surface area (Å²) in [5.41, 5.74) is 9.30. The number of benzene rings is 2. The van der Waals surface area contributed by atoms with E-state index in [4.69, 9.17) is 10.5 Å². The van der Waals surface area contributed by atoms with Crippen molar-refractivity contribution in [2.45, 2.75) is 20.0 Å². The van der Waals surface area contributed by atoms with Crippen molar-refractivity contribution in [3.63, 3.8) is 0 Å². The van der Waals surface area contributed by atoms with E-state index in [9.17, 15) is 4.79 Å². The zero-order chi connectivity index (χ0) is 14.5. The fourth-order valence-corrected chi connectivity index (χ4v) is 2.46. The van der Waals surface area contributed by atoms with Crippen molar-refractivity contribution in [3.05, 3.63) is 63.6 Å². The highest BCUT2D eigenvalue weighted by atomic mass is 79.9. The number of esters is 1. The van der Waals surface area contributed by atoms with Crippen LogP contribution < -0.4 is 5.73 Å². The highest BCUT2D eigenvalue weighted by molar-refractivity contribution is 9.10. The molecule has 4 heteroatoms. The van der Waals surface area contributed by atoms with Crippen molar-refractivity contribution < 1.29 is 9.53 Å². The normalized spacial score (nSPS) is 10.3. The van der Waals surface area contributed by atoms with Gasteiger partial charge in [-0.3, -0.25) is 4.79 Å². The number of hydrogen-bond acceptors (Lipinski definition) is 3. The van der Waals surface area contributed by atoms with Gasteiger partial charge in [0.25, 0.3) is 0 Å². The molecule has 0 bridgehead atoms. The van der Waals surface area contributed by atoms with E-state index in [-0.39, 0.29) is 12.4 Å². The van der Waals surface area contributed by atoms with E-state index < -0.39 is 0 Å². The lowest BCUT2D eigenvalue weighted by atomic mass is 10.0. The molecule has 0 saturated heterocycles. The molecule has 0 atom stereocenters. The van der Waals surface area contributed by atoms with Crippen LogP contribution in [0.25, 0.3) is 0 Å². The zero-order valence-electron chi connectivity index (χ0n) is 11.2. The third kappa shape index (κ3) is 3.61. The van der Waals surface area contributed by atoms with E-state index in [0.717, 1.165) is 21.2 Å². The predicted molar refractivity (Wildman–Crippen MR) is 83.2 cm³/mol. The summed E-state index contributed by atoms with van der Waals surface area (Å²) in [4.78, 5) is 11.9. The van der Waals surface area contributed by atoms with Gasteiger partial charge in [-0.2, -0.15) is 0 Å². The Kier molecular flexibility index (Phi) is 4.79. The lowest BCUT2D eigenvalue weighted by molar-refractivity contribution is -0.144. The molecule has 0 aromatic heterocycles. The lowest BCUT2D eigenvalue weighted by Crippen LogP contribution is -2.10. The molecular formula is C16H16BrNO2. The molecular weight excluding hydrogens is 318 g/mol. The molecule has 0 aliphatic heterocycles. The van der Waals surface area contributed by atoms with E-state index in [2.05, 4.69) is 15.9 Å². The summed E-state index contributed by atoms with van der Waals surface area (Å²) in [6.07, 6.45) is 0.213. The van der Waals surface area contributed by atoms with E-state index in [1.165, 1.54) is 0 Å². The molecule has 0 saturated carbocycles. The molecule has 0 heterocycles. The van der Waals surface area contributed by atoms with Gasteiger partial charge in [0.05, 0.1) is 6.42 Å². The summed E-state index contributed by atoms with van der Waals surface area (Å²) in [7, 11) is 0. The van der Waals surface area contributed by atoms with Crippen molar-refractivity contribution in [1.82, 2.24) is 0 Å². The summed E-state index contributed by atoms with van der Waals surface area (Å²) < 4.78 is 6.16. The van der Waals surface area contributed by atoms with Crippen molar-refractivity contribution >= 4 is 27.6 Å². The summed E-state index contributed by atoms with van der Waals surface area (Å²) in [6.45, 7) is 2.19. The van der Waals surface area contributed by atoms with Crippen LogP contribution in [-0.4, -0.2) is 5.97 Å². The smallest absolute Gasteiger partial charge is 0.310 e. The number of nitrogen functional groups attached to an aromatic ring is 1. The topological polar surface area (TPSA) is 52.3 Å². The van der Waals surface area contributed by atoms with Crippen molar-refractivity contribution in [2.24, 2.45) is 0 Å². The first-order valence-corrected chi connectivity index (χ1v) is 7.10. The fourth-order valence-electron chi connectivity index (χ4n) is 1.89. The minimum absolute atomic E-state index is 0.213. The van der Waals surface area contributed by atoms with Gasteiger partial charge < -0.3 is 10.5 Å². The maximum atomic E-state index is 11.9. The molecule has 3 nitrogen and oxygen atoms in total. The van der Waals surface area contributed by atoms with Gasteiger partial charge in [0.2, 0.25) is 0 Å². The third-order valence-electron chi connectivity index (χ3n) is 3.15. The quantitative estimate of drug-likeness (QED) is 0.686. The van der Waals surface area contributed by atoms with E-state index in [1.807, 2.05) is 49.4 Å². The first-order valence-electron chi connectivity index (χ1n) is 6.31. The summed E-state index contributed by atoms with van der Waals surface area (Å²) in [6, 6.07) is 13.3. The van der Waals surface area contributed by atoms with Crippen molar-refractivity contribution in [2.75, 3.05) is 5.73 Å². The van der Waals surface area contributed by atoms with Crippen LogP contribution in [0.3, 0.4) is 0 Å². The van der Waals surface area contributed by atoms with Crippen LogP contribution >= 0.6 is 15.9 Å². The SMILES string of the molecule is Cc1c(N)ccc(Br)c1CC(=O)OCc1ccccc1. The van der Waals surface area contributed by atoms with Crippen LogP contribution in [0, 0.1) is 6.92 Å². The average Bonchev–Trinajstić information content (AvgIpc) is 2.46. The second kappa shape index (κ2) is 6.57. The Morgan fingerprint density at radius 1 is 1.20 bits per heavy atom. The van der Waals surface area contributed by atoms with Crippen LogP contribution in [0.2, 0.25) is 0 Å². The van der Waals surface area contributed by atoms with Gasteiger partial charge in [-0.05, 0) is 35.7 Å². The first-order chi connectivity index (χ1) is 9.58. The fraction of sp³-hybridized carbons (Fsp3) is 0.188. The number of carbonyl (C=O) groups excluding carboxylic acids is 1. The van der Waals surface area contributed by atoms with Crippen LogP contribution in [0.4, 0.5) is 5.69 Å². The Morgan fingerprint density at radius 3 is 2.60 bits per heavy atom. The Morgan fingerprint density at radius 2 is 1.90 bits per heavy atom. The Balaban J connectivity index is 2.00. The highest BCUT2D eigenvalue weighted by Gasteiger charge is 2.12. The zero-order valence-corrected chi connectivity index (χ0v) is 12.8. The van der Waals surface area contributed by atoms with Crippen LogP contribution in [0.1, 0.15) is 16.7 Å². The molecule has 0 aliphatic carbocycles. The number of nitrogens with two attached hydrogens (primary N) is 1. The summed E-state index contributed by atoms with van der Waals surface area (Å²) in [5, 5.41) is 0. The van der Waals surface area contributed by atoms with Gasteiger partial charge in [0, 0.05) is 10.2 Å². The van der Waals surface area contributed by atoms with E-state index >= 15 is 0 Å². The molecule has 0 amide bonds. The second-order valence-corrected chi connectivity index (χ2v) is 5.42. The Hall–Kier alpha value is -1.81. The number of ether oxygens (including phenoxy) is 1. The molecule has 2 aromatic carbocycles. The van der Waals surface area contributed by atoms with E-state index in [1.54, 1.807) is 0 Å². The number of halogens is 1. The van der Waals surface area contributed by atoms with Gasteiger partial charge >= 0.3 is 5.97 Å². The molecule has 0 unspecified atom stereocenters. The minimum Gasteiger partial charge on any atom is -0.461 e. The van der Waals surface area contributed by atoms with Gasteiger partial charge in [-0.25, -0.2) is 0 Å². The first kappa shape index (κ1) is 14.6. The summed E-state index contributed by atoms with van der Waals surface area (Å²) >= 11 is 3.44. The predicted octanol–water partition coefficient (Wildman–Crippen LogP) is 3.63. The molecule has 2 N–H and O–H groups in total. The average molecular weight is 334 g/mol. The summed E-state index contributed by atoms with van der Waals surface area (Å²) in [5.74, 6) is -0.261. The van der Waals surface area contributed by atoms with Crippen LogP contribution in [0.15, 0.2) is 46.9 Å². The molecule has 2 aromatic rings. The minimum atomic E-state index is -0.261. The number of hydrogen-bond donors (Lipinski definition) is 1. The molecule has 0 fully saturated rings. The number of rotatable bonds is 4. The van der Waals surface area contributed by atoms with E-state index in [0.29, 0.717) is 12.3 Å². The third-order valence-corrected chi connectivity index (χ3v) is 3.89. The van der Waals surface area contributed by atoms with Crippen LogP contribution in [0.5, 0.6) is 0 Å². The van der Waals surface area contributed by atoms with Gasteiger partial charge in [-0.1, -0.05) is 46.3 Å². The van der Waals surface area contributed by atoms with Crippen molar-refractivity contribution in [1.29, 1.82) is 0 Å². The van der Waals surface area contributed by atoms with Gasteiger partial charge in [0.15, 0.2) is 0 Å². The molecule has 0 spiro atoms. The Labute approximate surface area is 126 Å². The molecule has 0 aliphatic rings. The maximum Gasteiger partial charge on any atom is 0.310 e. The lowest BCUT2D eigenvalue weighted by Gasteiger charge is -2.11. The van der Waals surface area contributed by atoms with Gasteiger partial charge in [-0.15, -0.1) is 0 Å². The second-order valence-electron chi connectivity index (χ2n) is 4.56. The monoisotopic (exact) mass is 333 g/mol. The molecule has 0 radical (unpaired) electrons. The van der Waals surface area contributed by atoms with Crippen LogP contribution in [-0.2, 0) is 22.6 Å². The maximum absolute atomic E-state index is 11.9. The number of anilines is 1.